The minimum absolute atomic E-state index is 0.109. The molecule has 0 aliphatic rings. The SMILES string of the molecule is CC(=O)Nc1cccc(NC(=S)Nc2ccc(Br)cc2)c1. The number of hydrogen-bond acceptors (Lipinski definition) is 2. The second-order valence-corrected chi connectivity index (χ2v) is 5.67. The summed E-state index contributed by atoms with van der Waals surface area (Å²) < 4.78 is 1.01. The monoisotopic (exact) mass is 363 g/mol. The Balaban J connectivity index is 1.99. The molecule has 0 saturated carbocycles. The molecule has 0 aliphatic carbocycles. The Kier molecular flexibility index (Phi) is 5.30. The van der Waals surface area contributed by atoms with Crippen molar-refractivity contribution in [3.63, 3.8) is 0 Å². The highest BCUT2D eigenvalue weighted by molar-refractivity contribution is 9.10. The molecule has 2 aromatic rings. The number of hydrogen-bond donors (Lipinski definition) is 3. The summed E-state index contributed by atoms with van der Waals surface area (Å²) in [6.07, 6.45) is 0. The summed E-state index contributed by atoms with van der Waals surface area (Å²) in [5.74, 6) is -0.109. The van der Waals surface area contributed by atoms with Crippen LogP contribution in [-0.4, -0.2) is 11.0 Å². The van der Waals surface area contributed by atoms with Gasteiger partial charge in [0.25, 0.3) is 0 Å². The van der Waals surface area contributed by atoms with Gasteiger partial charge in [-0.25, -0.2) is 0 Å². The second-order valence-electron chi connectivity index (χ2n) is 4.35. The average Bonchev–Trinajstić information content (AvgIpc) is 2.41. The highest BCUT2D eigenvalue weighted by Crippen LogP contribution is 2.17. The summed E-state index contributed by atoms with van der Waals surface area (Å²) in [5, 5.41) is 9.38. The van der Waals surface area contributed by atoms with Crippen molar-refractivity contribution < 1.29 is 4.79 Å². The van der Waals surface area contributed by atoms with Gasteiger partial charge in [0.15, 0.2) is 5.11 Å². The number of anilines is 3. The zero-order valence-corrected chi connectivity index (χ0v) is 13.7. The lowest BCUT2D eigenvalue weighted by Crippen LogP contribution is -2.19. The summed E-state index contributed by atoms with van der Waals surface area (Å²) in [6.45, 7) is 1.47. The minimum atomic E-state index is -0.109. The molecule has 0 aliphatic heterocycles. The third kappa shape index (κ3) is 5.17. The van der Waals surface area contributed by atoms with Crippen molar-refractivity contribution in [1.29, 1.82) is 0 Å². The first kappa shape index (κ1) is 15.5. The molecule has 3 N–H and O–H groups in total. The second kappa shape index (κ2) is 7.19. The molecule has 0 atom stereocenters. The third-order valence-electron chi connectivity index (χ3n) is 2.54. The van der Waals surface area contributed by atoms with E-state index in [9.17, 15) is 4.79 Å². The zero-order valence-electron chi connectivity index (χ0n) is 11.3. The van der Waals surface area contributed by atoms with Gasteiger partial charge in [-0.1, -0.05) is 22.0 Å². The van der Waals surface area contributed by atoms with Crippen LogP contribution in [0.5, 0.6) is 0 Å². The number of thiocarbonyl (C=S) groups is 1. The lowest BCUT2D eigenvalue weighted by molar-refractivity contribution is -0.114. The van der Waals surface area contributed by atoms with Crippen molar-refractivity contribution in [2.24, 2.45) is 0 Å². The molecular weight excluding hydrogens is 350 g/mol. The van der Waals surface area contributed by atoms with Gasteiger partial charge in [-0.05, 0) is 54.7 Å². The summed E-state index contributed by atoms with van der Waals surface area (Å²) >= 11 is 8.64. The van der Waals surface area contributed by atoms with Gasteiger partial charge in [0.1, 0.15) is 0 Å². The van der Waals surface area contributed by atoms with Crippen molar-refractivity contribution in [1.82, 2.24) is 0 Å². The first-order valence-electron chi connectivity index (χ1n) is 6.24. The van der Waals surface area contributed by atoms with Gasteiger partial charge >= 0.3 is 0 Å². The molecular formula is C15H14BrN3OS. The molecule has 0 radical (unpaired) electrons. The first-order chi connectivity index (χ1) is 10.0. The summed E-state index contributed by atoms with van der Waals surface area (Å²) in [4.78, 5) is 11.0. The fourth-order valence-corrected chi connectivity index (χ4v) is 2.20. The highest BCUT2D eigenvalue weighted by atomic mass is 79.9. The topological polar surface area (TPSA) is 53.2 Å². The van der Waals surface area contributed by atoms with E-state index in [-0.39, 0.29) is 5.91 Å². The van der Waals surface area contributed by atoms with Crippen LogP contribution in [0.15, 0.2) is 53.0 Å². The largest absolute Gasteiger partial charge is 0.332 e. The van der Waals surface area contributed by atoms with E-state index in [1.165, 1.54) is 6.92 Å². The first-order valence-corrected chi connectivity index (χ1v) is 7.44. The Labute approximate surface area is 137 Å². The molecule has 0 bridgehead atoms. The quantitative estimate of drug-likeness (QED) is 0.714. The molecule has 108 valence electrons. The Hall–Kier alpha value is -1.92. The fourth-order valence-electron chi connectivity index (χ4n) is 1.70. The molecule has 1 amide bonds. The number of benzene rings is 2. The molecule has 0 spiro atoms. The van der Waals surface area contributed by atoms with Gasteiger partial charge < -0.3 is 16.0 Å². The van der Waals surface area contributed by atoms with Gasteiger partial charge in [-0.2, -0.15) is 0 Å². The van der Waals surface area contributed by atoms with Crippen molar-refractivity contribution in [3.05, 3.63) is 53.0 Å². The molecule has 0 saturated heterocycles. The van der Waals surface area contributed by atoms with E-state index in [0.29, 0.717) is 5.11 Å². The highest BCUT2D eigenvalue weighted by Gasteiger charge is 2.01. The number of halogens is 1. The zero-order chi connectivity index (χ0) is 15.2. The van der Waals surface area contributed by atoms with Crippen LogP contribution in [0.4, 0.5) is 17.1 Å². The van der Waals surface area contributed by atoms with Crippen LogP contribution in [-0.2, 0) is 4.79 Å². The molecule has 0 heterocycles. The van der Waals surface area contributed by atoms with Crippen molar-refractivity contribution >= 4 is 56.2 Å². The lowest BCUT2D eigenvalue weighted by atomic mass is 10.2. The van der Waals surface area contributed by atoms with Gasteiger partial charge in [0.2, 0.25) is 5.91 Å². The van der Waals surface area contributed by atoms with Crippen molar-refractivity contribution in [3.8, 4) is 0 Å². The van der Waals surface area contributed by atoms with Crippen LogP contribution < -0.4 is 16.0 Å². The molecule has 0 fully saturated rings. The number of rotatable bonds is 3. The maximum atomic E-state index is 11.0. The summed E-state index contributed by atoms with van der Waals surface area (Å²) in [7, 11) is 0. The van der Waals surface area contributed by atoms with Crippen LogP contribution in [0.2, 0.25) is 0 Å². The molecule has 2 rings (SSSR count). The third-order valence-corrected chi connectivity index (χ3v) is 3.28. The van der Waals surface area contributed by atoms with E-state index in [0.717, 1.165) is 21.5 Å². The van der Waals surface area contributed by atoms with E-state index < -0.39 is 0 Å². The number of amides is 1. The van der Waals surface area contributed by atoms with Gasteiger partial charge in [0.05, 0.1) is 0 Å². The van der Waals surface area contributed by atoms with Crippen LogP contribution in [0.1, 0.15) is 6.92 Å². The maximum absolute atomic E-state index is 11.0. The molecule has 6 heteroatoms. The van der Waals surface area contributed by atoms with Gasteiger partial charge in [0, 0.05) is 28.5 Å². The van der Waals surface area contributed by atoms with E-state index >= 15 is 0 Å². The number of carbonyl (C=O) groups excluding carboxylic acids is 1. The molecule has 0 aromatic heterocycles. The smallest absolute Gasteiger partial charge is 0.221 e. The predicted octanol–water partition coefficient (Wildman–Crippen LogP) is 4.22. The van der Waals surface area contributed by atoms with Crippen molar-refractivity contribution in [2.75, 3.05) is 16.0 Å². The predicted molar refractivity (Wildman–Crippen MR) is 94.7 cm³/mol. The van der Waals surface area contributed by atoms with E-state index in [1.54, 1.807) is 0 Å². The van der Waals surface area contributed by atoms with E-state index in [4.69, 9.17) is 12.2 Å². The normalized spacial score (nSPS) is 9.81. The molecule has 4 nitrogen and oxygen atoms in total. The Morgan fingerprint density at radius 2 is 1.52 bits per heavy atom. The van der Waals surface area contributed by atoms with Crippen LogP contribution >= 0.6 is 28.1 Å². The number of nitrogens with one attached hydrogen (secondary N) is 3. The molecule has 0 unspecified atom stereocenters. The lowest BCUT2D eigenvalue weighted by Gasteiger charge is -2.11. The molecule has 2 aromatic carbocycles. The standard InChI is InChI=1S/C15H14BrN3OS/c1-10(20)17-13-3-2-4-14(9-13)19-15(21)18-12-7-5-11(16)6-8-12/h2-9H,1H3,(H,17,20)(H2,18,19,21). The van der Waals surface area contributed by atoms with E-state index in [2.05, 4.69) is 31.9 Å². The Morgan fingerprint density at radius 3 is 2.14 bits per heavy atom. The Morgan fingerprint density at radius 1 is 0.952 bits per heavy atom. The van der Waals surface area contributed by atoms with Gasteiger partial charge in [-0.3, -0.25) is 4.79 Å². The maximum Gasteiger partial charge on any atom is 0.221 e. The summed E-state index contributed by atoms with van der Waals surface area (Å²) in [6, 6.07) is 15.1. The van der Waals surface area contributed by atoms with Gasteiger partial charge in [-0.15, -0.1) is 0 Å². The van der Waals surface area contributed by atoms with E-state index in [1.807, 2.05) is 48.5 Å². The Bertz CT molecular complexity index is 658. The van der Waals surface area contributed by atoms with Crippen LogP contribution in [0.3, 0.4) is 0 Å². The minimum Gasteiger partial charge on any atom is -0.332 e. The van der Waals surface area contributed by atoms with Crippen LogP contribution in [0.25, 0.3) is 0 Å². The number of carbonyl (C=O) groups is 1. The average molecular weight is 364 g/mol. The van der Waals surface area contributed by atoms with Crippen LogP contribution in [0, 0.1) is 0 Å². The van der Waals surface area contributed by atoms with Crippen molar-refractivity contribution in [2.45, 2.75) is 6.92 Å². The summed E-state index contributed by atoms with van der Waals surface area (Å²) in [5.41, 5.74) is 2.42. The molecule has 21 heavy (non-hydrogen) atoms. The fraction of sp³-hybridized carbons (Fsp3) is 0.0667.